The van der Waals surface area contributed by atoms with Crippen LogP contribution in [-0.4, -0.2) is 26.4 Å². The Hall–Kier alpha value is -1.93. The Bertz CT molecular complexity index is 1130. The fourth-order valence-corrected chi connectivity index (χ4v) is 4.24. The van der Waals surface area contributed by atoms with Gasteiger partial charge in [-0.3, -0.25) is 4.79 Å². The van der Waals surface area contributed by atoms with Gasteiger partial charge < -0.3 is 14.6 Å². The molecule has 0 bridgehead atoms. The number of nitrogens with zero attached hydrogens (tertiary/aromatic N) is 3. The summed E-state index contributed by atoms with van der Waals surface area (Å²) < 4.78 is 7.86. The predicted octanol–water partition coefficient (Wildman–Crippen LogP) is 6.52. The molecule has 1 N–H and O–H groups in total. The highest BCUT2D eigenvalue weighted by molar-refractivity contribution is 7.99. The van der Waals surface area contributed by atoms with Gasteiger partial charge in [0.25, 0.3) is 0 Å². The van der Waals surface area contributed by atoms with Crippen LogP contribution in [0.4, 0.5) is 5.69 Å². The molecule has 0 spiro atoms. The maximum Gasteiger partial charge on any atom is 0.234 e. The zero-order valence-corrected chi connectivity index (χ0v) is 21.2. The molecule has 3 aromatic rings. The summed E-state index contributed by atoms with van der Waals surface area (Å²) in [5.41, 5.74) is 2.68. The lowest BCUT2D eigenvalue weighted by Gasteiger charge is -2.14. The first-order chi connectivity index (χ1) is 15.2. The normalized spacial score (nSPS) is 11.1. The van der Waals surface area contributed by atoms with Crippen LogP contribution < -0.4 is 10.1 Å². The number of halogens is 3. The van der Waals surface area contributed by atoms with Crippen LogP contribution in [0.3, 0.4) is 0 Å². The second-order valence-corrected chi connectivity index (χ2v) is 9.69. The van der Waals surface area contributed by atoms with Crippen LogP contribution in [0.15, 0.2) is 35.5 Å². The van der Waals surface area contributed by atoms with Crippen molar-refractivity contribution in [2.75, 3.05) is 11.1 Å². The number of carbonyl (C=O) groups excluding carboxylic acids is 1. The van der Waals surface area contributed by atoms with E-state index in [4.69, 9.17) is 39.5 Å². The van der Waals surface area contributed by atoms with Crippen molar-refractivity contribution in [1.29, 1.82) is 0 Å². The van der Waals surface area contributed by atoms with Crippen molar-refractivity contribution >= 4 is 58.2 Å². The molecular weight excluding hydrogens is 491 g/mol. The number of amides is 1. The van der Waals surface area contributed by atoms with E-state index in [1.165, 1.54) is 23.9 Å². The molecular formula is C22H23Cl3N4O2S. The average Bonchev–Trinajstić information content (AvgIpc) is 3.08. The van der Waals surface area contributed by atoms with Crippen molar-refractivity contribution in [3.8, 4) is 5.75 Å². The molecule has 3 rings (SSSR count). The minimum absolute atomic E-state index is 0.124. The fourth-order valence-electron chi connectivity index (χ4n) is 2.92. The molecule has 170 valence electrons. The number of rotatable bonds is 8. The van der Waals surface area contributed by atoms with Crippen LogP contribution in [0.1, 0.15) is 36.7 Å². The fraction of sp³-hybridized carbons (Fsp3) is 0.318. The van der Waals surface area contributed by atoms with E-state index in [9.17, 15) is 4.79 Å². The Balaban J connectivity index is 1.60. The van der Waals surface area contributed by atoms with Crippen LogP contribution >= 0.6 is 46.6 Å². The summed E-state index contributed by atoms with van der Waals surface area (Å²) in [5, 5.41) is 12.7. The molecule has 1 heterocycles. The monoisotopic (exact) mass is 512 g/mol. The summed E-state index contributed by atoms with van der Waals surface area (Å²) >= 11 is 19.3. The largest absolute Gasteiger partial charge is 0.485 e. The minimum atomic E-state index is -0.252. The molecule has 0 aliphatic heterocycles. The summed E-state index contributed by atoms with van der Waals surface area (Å²) in [6.45, 7) is 6.57. The quantitative estimate of drug-likeness (QED) is 0.274. The number of ether oxygens (including phenoxy) is 1. The summed E-state index contributed by atoms with van der Waals surface area (Å²) in [6, 6.07) is 9.20. The Morgan fingerprint density at radius 1 is 1.12 bits per heavy atom. The van der Waals surface area contributed by atoms with Gasteiger partial charge in [0.15, 0.2) is 11.0 Å². The topological polar surface area (TPSA) is 69.0 Å². The molecule has 0 radical (unpaired) electrons. The van der Waals surface area contributed by atoms with Gasteiger partial charge in [-0.25, -0.2) is 0 Å². The van der Waals surface area contributed by atoms with Gasteiger partial charge in [-0.05, 0) is 42.2 Å². The SMILES string of the molecule is Cc1ccc(C(C)C)c(OCc2nnc(SCC(=O)Nc3cc(Cl)c(Cl)cc3Cl)n2C)c1. The zero-order valence-electron chi connectivity index (χ0n) is 18.1. The lowest BCUT2D eigenvalue weighted by Crippen LogP contribution is -2.15. The molecule has 2 aromatic carbocycles. The van der Waals surface area contributed by atoms with Crippen molar-refractivity contribution in [3.63, 3.8) is 0 Å². The number of aromatic nitrogens is 3. The number of hydrogen-bond donors (Lipinski definition) is 1. The van der Waals surface area contributed by atoms with Gasteiger partial charge in [0, 0.05) is 7.05 Å². The van der Waals surface area contributed by atoms with Gasteiger partial charge in [0.2, 0.25) is 5.91 Å². The number of carbonyl (C=O) groups is 1. The summed E-state index contributed by atoms with van der Waals surface area (Å²) in [4.78, 5) is 12.3. The lowest BCUT2D eigenvalue weighted by atomic mass is 10.0. The van der Waals surface area contributed by atoms with E-state index in [2.05, 4.69) is 41.5 Å². The molecule has 0 unspecified atom stereocenters. The number of anilines is 1. The van der Waals surface area contributed by atoms with Gasteiger partial charge >= 0.3 is 0 Å². The third-order valence-electron chi connectivity index (χ3n) is 4.69. The highest BCUT2D eigenvalue weighted by Crippen LogP contribution is 2.32. The first kappa shape index (κ1) is 24.7. The van der Waals surface area contributed by atoms with Crippen LogP contribution in [0.2, 0.25) is 15.1 Å². The Morgan fingerprint density at radius 2 is 1.84 bits per heavy atom. The van der Waals surface area contributed by atoms with E-state index >= 15 is 0 Å². The van der Waals surface area contributed by atoms with Gasteiger partial charge in [-0.15, -0.1) is 10.2 Å². The van der Waals surface area contributed by atoms with Gasteiger partial charge in [0.05, 0.1) is 26.5 Å². The molecule has 10 heteroatoms. The first-order valence-electron chi connectivity index (χ1n) is 9.84. The first-order valence-corrected chi connectivity index (χ1v) is 12.0. The average molecular weight is 514 g/mol. The van der Waals surface area contributed by atoms with Crippen molar-refractivity contribution in [3.05, 3.63) is 62.4 Å². The third-order valence-corrected chi connectivity index (χ3v) is 6.74. The molecule has 0 saturated carbocycles. The number of nitrogens with one attached hydrogen (secondary N) is 1. The number of hydrogen-bond acceptors (Lipinski definition) is 5. The molecule has 0 saturated heterocycles. The van der Waals surface area contributed by atoms with Crippen LogP contribution in [0.25, 0.3) is 0 Å². The molecule has 0 aliphatic carbocycles. The Labute approximate surface area is 206 Å². The van der Waals surface area contributed by atoms with E-state index in [1.807, 2.05) is 24.6 Å². The van der Waals surface area contributed by atoms with Crippen molar-refractivity contribution in [2.24, 2.45) is 7.05 Å². The van der Waals surface area contributed by atoms with Crippen molar-refractivity contribution < 1.29 is 9.53 Å². The maximum absolute atomic E-state index is 12.3. The van der Waals surface area contributed by atoms with Crippen molar-refractivity contribution in [1.82, 2.24) is 14.8 Å². The zero-order chi connectivity index (χ0) is 23.4. The molecule has 0 aliphatic rings. The summed E-state index contributed by atoms with van der Waals surface area (Å²) in [7, 11) is 1.84. The second kappa shape index (κ2) is 10.8. The maximum atomic E-state index is 12.3. The van der Waals surface area contributed by atoms with Gasteiger partial charge in [0.1, 0.15) is 12.4 Å². The lowest BCUT2D eigenvalue weighted by molar-refractivity contribution is -0.113. The number of benzene rings is 2. The molecule has 32 heavy (non-hydrogen) atoms. The summed E-state index contributed by atoms with van der Waals surface area (Å²) in [6.07, 6.45) is 0. The third kappa shape index (κ3) is 6.10. The standard InChI is InChI=1S/C22H23Cl3N4O2S/c1-12(2)14-6-5-13(3)7-19(14)31-10-20-27-28-22(29(20)4)32-11-21(30)26-18-9-16(24)15(23)8-17(18)25/h5-9,12H,10-11H2,1-4H3,(H,26,30). The van der Waals surface area contributed by atoms with E-state index < -0.39 is 0 Å². The Morgan fingerprint density at radius 3 is 2.56 bits per heavy atom. The highest BCUT2D eigenvalue weighted by atomic mass is 35.5. The highest BCUT2D eigenvalue weighted by Gasteiger charge is 2.15. The minimum Gasteiger partial charge on any atom is -0.485 e. The number of thioether (sulfide) groups is 1. The van der Waals surface area contributed by atoms with Crippen LogP contribution in [0.5, 0.6) is 5.75 Å². The predicted molar refractivity (Wildman–Crippen MR) is 131 cm³/mol. The van der Waals surface area contributed by atoms with E-state index in [-0.39, 0.29) is 18.3 Å². The second-order valence-electron chi connectivity index (χ2n) is 7.53. The van der Waals surface area contributed by atoms with Crippen molar-refractivity contribution in [2.45, 2.75) is 38.5 Å². The van der Waals surface area contributed by atoms with E-state index in [1.54, 1.807) is 0 Å². The Kier molecular flexibility index (Phi) is 8.33. The van der Waals surface area contributed by atoms with E-state index in [0.29, 0.717) is 37.7 Å². The summed E-state index contributed by atoms with van der Waals surface area (Å²) in [5.74, 6) is 1.72. The molecule has 1 amide bonds. The molecule has 0 atom stereocenters. The molecule has 6 nitrogen and oxygen atoms in total. The van der Waals surface area contributed by atoms with Crippen LogP contribution in [0, 0.1) is 6.92 Å². The molecule has 1 aromatic heterocycles. The molecule has 0 fully saturated rings. The van der Waals surface area contributed by atoms with Gasteiger partial charge in [-0.2, -0.15) is 0 Å². The van der Waals surface area contributed by atoms with Crippen LogP contribution in [-0.2, 0) is 18.4 Å². The van der Waals surface area contributed by atoms with E-state index in [0.717, 1.165) is 16.9 Å². The smallest absolute Gasteiger partial charge is 0.234 e. The van der Waals surface area contributed by atoms with Gasteiger partial charge in [-0.1, -0.05) is 72.5 Å². The number of aryl methyl sites for hydroxylation is 1.